The van der Waals surface area contributed by atoms with Gasteiger partial charge < -0.3 is 19.5 Å². The summed E-state index contributed by atoms with van der Waals surface area (Å²) in [6, 6.07) is 19.1. The summed E-state index contributed by atoms with van der Waals surface area (Å²) in [5, 5.41) is 3.26. The van der Waals surface area contributed by atoms with Crippen LogP contribution in [0.25, 0.3) is 10.1 Å². The predicted octanol–water partition coefficient (Wildman–Crippen LogP) is 5.89. The molecule has 1 aromatic heterocycles. The molecule has 0 saturated heterocycles. The molecule has 0 aliphatic rings. The average Bonchev–Trinajstić information content (AvgIpc) is 3.18. The van der Waals surface area contributed by atoms with Gasteiger partial charge in [0.15, 0.2) is 11.5 Å². The number of carbonyl (C=O) groups is 1. The number of benzene rings is 3. The lowest BCUT2D eigenvalue weighted by Gasteiger charge is -2.11. The molecule has 158 valence electrons. The highest BCUT2D eigenvalue weighted by Crippen LogP contribution is 2.35. The smallest absolute Gasteiger partial charge is 0.266 e. The molecular weight excluding hydrogens is 417 g/mol. The number of hydrogen-bond donors (Lipinski definition) is 1. The number of carbonyl (C=O) groups excluding carboxylic acids is 1. The lowest BCUT2D eigenvalue weighted by Crippen LogP contribution is -2.13. The number of fused-ring (bicyclic) bond motifs is 1. The Morgan fingerprint density at radius 1 is 0.968 bits per heavy atom. The Balaban J connectivity index is 1.67. The van der Waals surface area contributed by atoms with Gasteiger partial charge in [-0.05, 0) is 36.4 Å². The van der Waals surface area contributed by atoms with Crippen molar-refractivity contribution in [3.63, 3.8) is 0 Å². The molecule has 0 aliphatic carbocycles. The quantitative estimate of drug-likeness (QED) is 0.392. The number of anilines is 1. The van der Waals surface area contributed by atoms with Crippen molar-refractivity contribution in [3.8, 4) is 17.2 Å². The van der Waals surface area contributed by atoms with Crippen molar-refractivity contribution in [2.24, 2.45) is 0 Å². The van der Waals surface area contributed by atoms with Crippen LogP contribution in [0, 0.1) is 5.82 Å². The highest BCUT2D eigenvalue weighted by Gasteiger charge is 2.22. The first-order chi connectivity index (χ1) is 15.1. The van der Waals surface area contributed by atoms with E-state index in [1.807, 2.05) is 30.3 Å². The number of ether oxygens (including phenoxy) is 3. The number of para-hydroxylation sites is 1. The molecule has 7 heteroatoms. The van der Waals surface area contributed by atoms with Crippen molar-refractivity contribution in [1.82, 2.24) is 0 Å². The number of rotatable bonds is 7. The first-order valence-electron chi connectivity index (χ1n) is 9.52. The largest absolute Gasteiger partial charge is 0.493 e. The molecule has 1 amide bonds. The van der Waals surface area contributed by atoms with Crippen LogP contribution < -0.4 is 19.5 Å². The third kappa shape index (κ3) is 4.32. The van der Waals surface area contributed by atoms with Gasteiger partial charge in [-0.25, -0.2) is 4.39 Å². The van der Waals surface area contributed by atoms with Crippen LogP contribution in [0.1, 0.15) is 15.2 Å². The van der Waals surface area contributed by atoms with Crippen LogP contribution in [0.2, 0.25) is 0 Å². The topological polar surface area (TPSA) is 56.8 Å². The summed E-state index contributed by atoms with van der Waals surface area (Å²) < 4.78 is 31.7. The number of halogens is 1. The molecule has 5 nitrogen and oxygen atoms in total. The third-order valence-electron chi connectivity index (χ3n) is 4.74. The molecule has 1 heterocycles. The van der Waals surface area contributed by atoms with E-state index in [-0.39, 0.29) is 18.3 Å². The minimum Gasteiger partial charge on any atom is -0.493 e. The van der Waals surface area contributed by atoms with E-state index >= 15 is 0 Å². The monoisotopic (exact) mass is 437 g/mol. The zero-order chi connectivity index (χ0) is 21.8. The normalized spacial score (nSPS) is 10.7. The fourth-order valence-corrected chi connectivity index (χ4v) is 4.38. The maximum absolute atomic E-state index is 14.6. The van der Waals surface area contributed by atoms with Crippen LogP contribution in [0.5, 0.6) is 17.2 Å². The molecule has 4 aromatic rings. The van der Waals surface area contributed by atoms with Gasteiger partial charge in [0.1, 0.15) is 23.1 Å². The van der Waals surface area contributed by atoms with Crippen LogP contribution in [0.3, 0.4) is 0 Å². The van der Waals surface area contributed by atoms with E-state index in [4.69, 9.17) is 14.2 Å². The Kier molecular flexibility index (Phi) is 6.04. The van der Waals surface area contributed by atoms with E-state index in [2.05, 4.69) is 5.32 Å². The van der Waals surface area contributed by atoms with Gasteiger partial charge in [0.2, 0.25) is 0 Å². The summed E-state index contributed by atoms with van der Waals surface area (Å²) in [4.78, 5) is 13.5. The summed E-state index contributed by atoms with van der Waals surface area (Å²) in [5.74, 6) is 0.964. The molecule has 1 N–H and O–H groups in total. The molecule has 0 aliphatic heterocycles. The minimum absolute atomic E-state index is 0.0691. The lowest BCUT2D eigenvalue weighted by atomic mass is 10.1. The number of nitrogens with one attached hydrogen (secondary N) is 1. The number of methoxy groups -OCH3 is 2. The summed E-state index contributed by atoms with van der Waals surface area (Å²) in [6.45, 7) is 0.0691. The molecule has 0 spiro atoms. The molecular formula is C24H20FNO4S. The Morgan fingerprint density at radius 2 is 1.74 bits per heavy atom. The first-order valence-corrected chi connectivity index (χ1v) is 10.3. The molecule has 3 aromatic carbocycles. The van der Waals surface area contributed by atoms with E-state index in [9.17, 15) is 9.18 Å². The lowest BCUT2D eigenvalue weighted by molar-refractivity contribution is 0.102. The van der Waals surface area contributed by atoms with Crippen molar-refractivity contribution in [3.05, 3.63) is 83.0 Å². The molecule has 0 atom stereocenters. The fraction of sp³-hybridized carbons (Fsp3) is 0.125. The summed E-state index contributed by atoms with van der Waals surface area (Å²) in [7, 11) is 3.07. The van der Waals surface area contributed by atoms with Crippen molar-refractivity contribution in [2.45, 2.75) is 6.61 Å². The number of amides is 1. The van der Waals surface area contributed by atoms with Crippen LogP contribution >= 0.6 is 11.3 Å². The van der Waals surface area contributed by atoms with E-state index in [0.717, 1.165) is 0 Å². The number of hydrogen-bond acceptors (Lipinski definition) is 5. The molecule has 0 saturated carbocycles. The van der Waals surface area contributed by atoms with Gasteiger partial charge in [-0.1, -0.05) is 24.3 Å². The summed E-state index contributed by atoms with van der Waals surface area (Å²) in [5.41, 5.74) is 1.05. The summed E-state index contributed by atoms with van der Waals surface area (Å²) >= 11 is 1.23. The van der Waals surface area contributed by atoms with Gasteiger partial charge in [-0.15, -0.1) is 11.3 Å². The second-order valence-corrected chi connectivity index (χ2v) is 7.70. The second kappa shape index (κ2) is 9.06. The molecule has 4 rings (SSSR count). The van der Waals surface area contributed by atoms with Gasteiger partial charge in [-0.2, -0.15) is 0 Å². The Labute approximate surface area is 183 Å². The zero-order valence-corrected chi connectivity index (χ0v) is 17.8. The van der Waals surface area contributed by atoms with Crippen molar-refractivity contribution in [1.29, 1.82) is 0 Å². The van der Waals surface area contributed by atoms with Crippen LogP contribution in [-0.2, 0) is 6.61 Å². The predicted molar refractivity (Wildman–Crippen MR) is 120 cm³/mol. The van der Waals surface area contributed by atoms with Gasteiger partial charge >= 0.3 is 0 Å². The number of thiophene rings is 1. The molecule has 0 unspecified atom stereocenters. The highest BCUT2D eigenvalue weighted by molar-refractivity contribution is 7.21. The van der Waals surface area contributed by atoms with E-state index < -0.39 is 0 Å². The SMILES string of the molecule is COc1ccc(NC(=O)c2sc3cccc(F)c3c2COc2ccccc2)cc1OC. The van der Waals surface area contributed by atoms with Gasteiger partial charge in [-0.3, -0.25) is 4.79 Å². The third-order valence-corrected chi connectivity index (χ3v) is 5.93. The average molecular weight is 437 g/mol. The van der Waals surface area contributed by atoms with Crippen molar-refractivity contribution >= 4 is 33.0 Å². The maximum Gasteiger partial charge on any atom is 0.266 e. The van der Waals surface area contributed by atoms with Crippen molar-refractivity contribution < 1.29 is 23.4 Å². The van der Waals surface area contributed by atoms with Gasteiger partial charge in [0.05, 0.1) is 14.2 Å². The Hall–Kier alpha value is -3.58. The van der Waals surface area contributed by atoms with Crippen LogP contribution in [0.4, 0.5) is 10.1 Å². The Bertz CT molecular complexity index is 1220. The van der Waals surface area contributed by atoms with E-state index in [0.29, 0.717) is 43.5 Å². The van der Waals surface area contributed by atoms with Crippen LogP contribution in [-0.4, -0.2) is 20.1 Å². The standard InChI is InChI=1S/C24H20FNO4S/c1-28-19-12-11-15(13-20(19)29-2)26-24(27)23-17(14-30-16-7-4-3-5-8-16)22-18(25)9-6-10-21(22)31-23/h3-13H,14H2,1-2H3,(H,26,27). The minimum atomic E-state index is -0.384. The van der Waals surface area contributed by atoms with Crippen LogP contribution in [0.15, 0.2) is 66.7 Å². The molecule has 0 fully saturated rings. The van der Waals surface area contributed by atoms with Gasteiger partial charge in [0.25, 0.3) is 5.91 Å². The molecule has 31 heavy (non-hydrogen) atoms. The van der Waals surface area contributed by atoms with Gasteiger partial charge in [0, 0.05) is 27.4 Å². The van der Waals surface area contributed by atoms with E-state index in [1.165, 1.54) is 24.5 Å². The zero-order valence-electron chi connectivity index (χ0n) is 17.0. The Morgan fingerprint density at radius 3 is 2.48 bits per heavy atom. The fourth-order valence-electron chi connectivity index (χ4n) is 3.26. The van der Waals surface area contributed by atoms with Crippen molar-refractivity contribution in [2.75, 3.05) is 19.5 Å². The molecule has 0 radical (unpaired) electrons. The molecule has 0 bridgehead atoms. The summed E-state index contributed by atoms with van der Waals surface area (Å²) in [6.07, 6.45) is 0. The second-order valence-electron chi connectivity index (χ2n) is 6.65. The first kappa shape index (κ1) is 20.7. The highest BCUT2D eigenvalue weighted by atomic mass is 32.1. The maximum atomic E-state index is 14.6. The van der Waals surface area contributed by atoms with E-state index in [1.54, 1.807) is 37.4 Å².